The Labute approximate surface area is 171 Å². The molecule has 1 aliphatic rings. The van der Waals surface area contributed by atoms with E-state index in [-0.39, 0.29) is 12.5 Å². The van der Waals surface area contributed by atoms with Gasteiger partial charge >= 0.3 is 5.97 Å². The Morgan fingerprint density at radius 2 is 1.69 bits per heavy atom. The Morgan fingerprint density at radius 1 is 1.03 bits per heavy atom. The summed E-state index contributed by atoms with van der Waals surface area (Å²) in [4.78, 5) is 28.5. The van der Waals surface area contributed by atoms with Crippen molar-refractivity contribution in [3.8, 4) is 0 Å². The Morgan fingerprint density at radius 3 is 2.31 bits per heavy atom. The summed E-state index contributed by atoms with van der Waals surface area (Å²) >= 11 is 0. The van der Waals surface area contributed by atoms with E-state index in [1.54, 1.807) is 12.1 Å². The van der Waals surface area contributed by atoms with Crippen molar-refractivity contribution in [1.82, 2.24) is 4.90 Å². The van der Waals surface area contributed by atoms with Crippen molar-refractivity contribution in [3.63, 3.8) is 0 Å². The number of rotatable bonds is 7. The maximum absolute atomic E-state index is 12.2. The standard InChI is InChI=1S/C22H27N3O4/c1-24(2)20-9-7-19(8-10-20)23-21(26)16-29-22(27)18-5-3-17(4-6-18)15-25-11-13-28-14-12-25/h3-10H,11-16H2,1-2H3,(H,23,26). The second kappa shape index (κ2) is 10.0. The number of hydrogen-bond acceptors (Lipinski definition) is 6. The monoisotopic (exact) mass is 397 g/mol. The van der Waals surface area contributed by atoms with E-state index >= 15 is 0 Å². The molecule has 7 heteroatoms. The van der Waals surface area contributed by atoms with Gasteiger partial charge in [-0.2, -0.15) is 0 Å². The molecule has 1 N–H and O–H groups in total. The van der Waals surface area contributed by atoms with Gasteiger partial charge in [0.1, 0.15) is 0 Å². The number of benzene rings is 2. The molecule has 1 heterocycles. The van der Waals surface area contributed by atoms with Crippen LogP contribution in [0.15, 0.2) is 48.5 Å². The van der Waals surface area contributed by atoms with E-state index in [0.717, 1.165) is 44.1 Å². The van der Waals surface area contributed by atoms with E-state index in [1.165, 1.54) is 0 Å². The predicted octanol–water partition coefficient (Wildman–Crippen LogP) is 2.38. The van der Waals surface area contributed by atoms with Crippen molar-refractivity contribution in [2.75, 3.05) is 57.2 Å². The summed E-state index contributed by atoms with van der Waals surface area (Å²) in [5.74, 6) is -0.888. The highest BCUT2D eigenvalue weighted by Crippen LogP contribution is 2.15. The quantitative estimate of drug-likeness (QED) is 0.724. The second-order valence-electron chi connectivity index (χ2n) is 7.15. The van der Waals surface area contributed by atoms with Crippen LogP contribution in [0.5, 0.6) is 0 Å². The van der Waals surface area contributed by atoms with Crippen LogP contribution in [0.1, 0.15) is 15.9 Å². The zero-order valence-electron chi connectivity index (χ0n) is 16.9. The molecular formula is C22H27N3O4. The number of carbonyl (C=O) groups is 2. The maximum atomic E-state index is 12.2. The first-order valence-electron chi connectivity index (χ1n) is 9.64. The third kappa shape index (κ3) is 6.30. The topological polar surface area (TPSA) is 71.1 Å². The fraction of sp³-hybridized carbons (Fsp3) is 0.364. The van der Waals surface area contributed by atoms with Gasteiger partial charge in [-0.05, 0) is 42.0 Å². The first kappa shape index (κ1) is 20.8. The molecule has 1 fully saturated rings. The number of hydrogen-bond donors (Lipinski definition) is 1. The Balaban J connectivity index is 1.45. The summed E-state index contributed by atoms with van der Waals surface area (Å²) in [5, 5.41) is 2.72. The van der Waals surface area contributed by atoms with Crippen LogP contribution < -0.4 is 10.2 Å². The minimum absolute atomic E-state index is 0.330. The number of anilines is 2. The molecule has 0 saturated carbocycles. The lowest BCUT2D eigenvalue weighted by Gasteiger charge is -2.26. The average molecular weight is 397 g/mol. The molecule has 2 aromatic rings. The fourth-order valence-corrected chi connectivity index (χ4v) is 3.02. The van der Waals surface area contributed by atoms with E-state index < -0.39 is 5.97 Å². The van der Waals surface area contributed by atoms with Crippen LogP contribution in [-0.2, 0) is 20.8 Å². The molecule has 0 bridgehead atoms. The van der Waals surface area contributed by atoms with Crippen LogP contribution in [-0.4, -0.2) is 63.8 Å². The first-order valence-corrected chi connectivity index (χ1v) is 9.64. The van der Waals surface area contributed by atoms with Crippen LogP contribution in [0.3, 0.4) is 0 Å². The van der Waals surface area contributed by atoms with Crippen molar-refractivity contribution in [2.45, 2.75) is 6.54 Å². The van der Waals surface area contributed by atoms with Gasteiger partial charge in [-0.1, -0.05) is 12.1 Å². The van der Waals surface area contributed by atoms with E-state index in [9.17, 15) is 9.59 Å². The molecule has 0 aliphatic carbocycles. The lowest BCUT2D eigenvalue weighted by molar-refractivity contribution is -0.119. The fourth-order valence-electron chi connectivity index (χ4n) is 3.02. The molecule has 1 amide bonds. The molecule has 154 valence electrons. The van der Waals surface area contributed by atoms with E-state index in [0.29, 0.717) is 11.3 Å². The van der Waals surface area contributed by atoms with Gasteiger partial charge in [0.05, 0.1) is 18.8 Å². The van der Waals surface area contributed by atoms with Crippen molar-refractivity contribution < 1.29 is 19.1 Å². The average Bonchev–Trinajstić information content (AvgIpc) is 2.74. The molecular weight excluding hydrogens is 370 g/mol. The molecule has 1 saturated heterocycles. The van der Waals surface area contributed by atoms with Gasteiger partial charge in [-0.3, -0.25) is 9.69 Å². The van der Waals surface area contributed by atoms with Crippen LogP contribution >= 0.6 is 0 Å². The molecule has 1 aliphatic heterocycles. The highest BCUT2D eigenvalue weighted by molar-refractivity contribution is 5.95. The van der Waals surface area contributed by atoms with E-state index in [1.807, 2.05) is 55.4 Å². The van der Waals surface area contributed by atoms with Crippen molar-refractivity contribution >= 4 is 23.3 Å². The molecule has 7 nitrogen and oxygen atoms in total. The SMILES string of the molecule is CN(C)c1ccc(NC(=O)COC(=O)c2ccc(CN3CCOCC3)cc2)cc1. The first-order chi connectivity index (χ1) is 14.0. The second-order valence-corrected chi connectivity index (χ2v) is 7.15. The van der Waals surface area contributed by atoms with Crippen molar-refractivity contribution in [2.24, 2.45) is 0 Å². The molecule has 0 radical (unpaired) electrons. The van der Waals surface area contributed by atoms with Gasteiger partial charge in [-0.25, -0.2) is 4.79 Å². The van der Waals surface area contributed by atoms with Gasteiger partial charge in [0.15, 0.2) is 6.61 Å². The molecule has 3 rings (SSSR count). The number of ether oxygens (including phenoxy) is 2. The predicted molar refractivity (Wildman–Crippen MR) is 112 cm³/mol. The zero-order chi connectivity index (χ0) is 20.6. The van der Waals surface area contributed by atoms with Gasteiger partial charge in [0.2, 0.25) is 0 Å². The summed E-state index contributed by atoms with van der Waals surface area (Å²) in [6.45, 7) is 3.84. The van der Waals surface area contributed by atoms with Crippen molar-refractivity contribution in [3.05, 3.63) is 59.7 Å². The number of morpholine rings is 1. The third-order valence-corrected chi connectivity index (χ3v) is 4.70. The van der Waals surface area contributed by atoms with Crippen LogP contribution in [0.4, 0.5) is 11.4 Å². The molecule has 29 heavy (non-hydrogen) atoms. The van der Waals surface area contributed by atoms with E-state index in [4.69, 9.17) is 9.47 Å². The molecule has 0 aromatic heterocycles. The smallest absolute Gasteiger partial charge is 0.338 e. The third-order valence-electron chi connectivity index (χ3n) is 4.70. The normalized spacial score (nSPS) is 14.3. The van der Waals surface area contributed by atoms with Crippen molar-refractivity contribution in [1.29, 1.82) is 0 Å². The number of carbonyl (C=O) groups excluding carboxylic acids is 2. The lowest BCUT2D eigenvalue weighted by atomic mass is 10.1. The highest BCUT2D eigenvalue weighted by atomic mass is 16.5. The molecule has 2 aromatic carbocycles. The number of nitrogens with one attached hydrogen (secondary N) is 1. The summed E-state index contributed by atoms with van der Waals surface area (Å²) in [6.07, 6.45) is 0. The molecule has 0 spiro atoms. The highest BCUT2D eigenvalue weighted by Gasteiger charge is 2.13. The van der Waals surface area contributed by atoms with Gasteiger partial charge in [-0.15, -0.1) is 0 Å². The summed E-state index contributed by atoms with van der Waals surface area (Å²) in [5.41, 5.74) is 3.25. The Kier molecular flexibility index (Phi) is 7.21. The minimum atomic E-state index is -0.513. The van der Waals surface area contributed by atoms with Crippen LogP contribution in [0, 0.1) is 0 Å². The van der Waals surface area contributed by atoms with Gasteiger partial charge in [0.25, 0.3) is 5.91 Å². The minimum Gasteiger partial charge on any atom is -0.452 e. The van der Waals surface area contributed by atoms with Crippen LogP contribution in [0.25, 0.3) is 0 Å². The summed E-state index contributed by atoms with van der Waals surface area (Å²) in [6, 6.07) is 14.7. The molecule has 0 unspecified atom stereocenters. The molecule has 0 atom stereocenters. The van der Waals surface area contributed by atoms with Gasteiger partial charge < -0.3 is 19.7 Å². The number of esters is 1. The van der Waals surface area contributed by atoms with Crippen LogP contribution in [0.2, 0.25) is 0 Å². The zero-order valence-corrected chi connectivity index (χ0v) is 16.9. The largest absolute Gasteiger partial charge is 0.452 e. The summed E-state index contributed by atoms with van der Waals surface area (Å²) < 4.78 is 10.5. The summed E-state index contributed by atoms with van der Waals surface area (Å²) in [7, 11) is 3.89. The Bertz CT molecular complexity index is 813. The maximum Gasteiger partial charge on any atom is 0.338 e. The Hall–Kier alpha value is -2.90. The van der Waals surface area contributed by atoms with Gasteiger partial charge in [0, 0.05) is 45.1 Å². The number of nitrogens with zero attached hydrogens (tertiary/aromatic N) is 2. The number of amides is 1. The lowest BCUT2D eigenvalue weighted by Crippen LogP contribution is -2.35. The van der Waals surface area contributed by atoms with E-state index in [2.05, 4.69) is 10.2 Å².